The van der Waals surface area contributed by atoms with Gasteiger partial charge in [0.1, 0.15) is 12.3 Å². The molecule has 0 aliphatic heterocycles. The topological polar surface area (TPSA) is 92.9 Å². The molecule has 2 heterocycles. The largest absolute Gasteiger partial charge is 0.478 e. The number of nitrogens with one attached hydrogen (secondary N) is 1. The van der Waals surface area contributed by atoms with E-state index in [4.69, 9.17) is 9.84 Å². The van der Waals surface area contributed by atoms with E-state index in [9.17, 15) is 9.59 Å². The van der Waals surface area contributed by atoms with Crippen molar-refractivity contribution < 1.29 is 19.4 Å². The van der Waals surface area contributed by atoms with Crippen molar-refractivity contribution in [1.29, 1.82) is 0 Å². The Kier molecular flexibility index (Phi) is 4.63. The highest BCUT2D eigenvalue weighted by Crippen LogP contribution is 2.44. The SMILES string of the molecule is O=C(NCc1cn2ccc(C(=O)O)cc2n1)OCC1c2ccccc2-c2ccccc21. The van der Waals surface area contributed by atoms with Crippen molar-refractivity contribution in [2.24, 2.45) is 0 Å². The number of hydrogen-bond donors (Lipinski definition) is 2. The first-order valence-corrected chi connectivity index (χ1v) is 9.90. The Labute approximate surface area is 177 Å². The summed E-state index contributed by atoms with van der Waals surface area (Å²) in [6.07, 6.45) is 2.85. The Hall–Kier alpha value is -4.13. The molecule has 1 aliphatic rings. The van der Waals surface area contributed by atoms with Crippen LogP contribution in [-0.2, 0) is 11.3 Å². The second-order valence-corrected chi connectivity index (χ2v) is 7.40. The lowest BCUT2D eigenvalue weighted by atomic mass is 9.98. The third-order valence-corrected chi connectivity index (χ3v) is 5.51. The zero-order valence-corrected chi connectivity index (χ0v) is 16.5. The maximum absolute atomic E-state index is 12.3. The molecule has 2 aromatic carbocycles. The molecule has 0 fully saturated rings. The molecule has 7 heteroatoms. The number of ether oxygens (including phenoxy) is 1. The predicted octanol–water partition coefficient (Wildman–Crippen LogP) is 4.07. The Morgan fingerprint density at radius 2 is 1.71 bits per heavy atom. The van der Waals surface area contributed by atoms with E-state index < -0.39 is 12.1 Å². The van der Waals surface area contributed by atoms with Gasteiger partial charge in [-0.15, -0.1) is 0 Å². The van der Waals surface area contributed by atoms with E-state index in [-0.39, 0.29) is 24.6 Å². The number of fused-ring (bicyclic) bond motifs is 4. The quantitative estimate of drug-likeness (QED) is 0.514. The number of pyridine rings is 1. The summed E-state index contributed by atoms with van der Waals surface area (Å²) in [6.45, 7) is 0.424. The lowest BCUT2D eigenvalue weighted by Crippen LogP contribution is -2.25. The summed E-state index contributed by atoms with van der Waals surface area (Å²) in [5.41, 5.74) is 5.95. The first-order chi connectivity index (χ1) is 15.1. The third-order valence-electron chi connectivity index (χ3n) is 5.51. The number of hydrogen-bond acceptors (Lipinski definition) is 4. The average Bonchev–Trinajstić information content (AvgIpc) is 3.34. The van der Waals surface area contributed by atoms with E-state index in [1.54, 1.807) is 16.8 Å². The Morgan fingerprint density at radius 1 is 1.03 bits per heavy atom. The number of aromatic nitrogens is 2. The number of imidazole rings is 1. The van der Waals surface area contributed by atoms with Crippen molar-refractivity contribution in [1.82, 2.24) is 14.7 Å². The summed E-state index contributed by atoms with van der Waals surface area (Å²) in [4.78, 5) is 27.8. The van der Waals surface area contributed by atoms with E-state index >= 15 is 0 Å². The lowest BCUT2D eigenvalue weighted by molar-refractivity contribution is 0.0696. The number of nitrogens with zero attached hydrogens (tertiary/aromatic N) is 2. The van der Waals surface area contributed by atoms with Crippen LogP contribution >= 0.6 is 0 Å². The van der Waals surface area contributed by atoms with E-state index in [2.05, 4.69) is 34.6 Å². The standard InChI is InChI=1S/C24H19N3O4/c28-23(29)15-9-10-27-13-16(26-22(27)11-15)12-25-24(30)31-14-21-19-7-3-1-5-17(19)18-6-2-4-8-20(18)21/h1-11,13,21H,12,14H2,(H,25,30)(H,28,29). The summed E-state index contributed by atoms with van der Waals surface area (Å²) in [6, 6.07) is 19.3. The number of amides is 1. The van der Waals surface area contributed by atoms with Crippen molar-refractivity contribution in [2.45, 2.75) is 12.5 Å². The number of alkyl carbamates (subject to hydrolysis) is 1. The monoisotopic (exact) mass is 413 g/mol. The molecule has 5 rings (SSSR count). The normalized spacial score (nSPS) is 12.4. The van der Waals surface area contributed by atoms with Gasteiger partial charge in [0.05, 0.1) is 17.8 Å². The van der Waals surface area contributed by atoms with Gasteiger partial charge < -0.3 is 19.6 Å². The van der Waals surface area contributed by atoms with Gasteiger partial charge in [-0.3, -0.25) is 0 Å². The maximum Gasteiger partial charge on any atom is 0.407 e. The van der Waals surface area contributed by atoms with Gasteiger partial charge in [-0.05, 0) is 34.4 Å². The fourth-order valence-corrected chi connectivity index (χ4v) is 4.06. The minimum atomic E-state index is -1.01. The molecule has 31 heavy (non-hydrogen) atoms. The van der Waals surface area contributed by atoms with Crippen LogP contribution in [0.15, 0.2) is 73.1 Å². The minimum Gasteiger partial charge on any atom is -0.478 e. The molecule has 1 amide bonds. The predicted molar refractivity (Wildman–Crippen MR) is 114 cm³/mol. The van der Waals surface area contributed by atoms with Crippen LogP contribution in [0.2, 0.25) is 0 Å². The summed E-state index contributed by atoms with van der Waals surface area (Å²) in [5.74, 6) is -1.01. The number of carbonyl (C=O) groups excluding carboxylic acids is 1. The molecule has 4 aromatic rings. The van der Waals surface area contributed by atoms with Gasteiger partial charge in [0.2, 0.25) is 0 Å². The first-order valence-electron chi connectivity index (χ1n) is 9.90. The zero-order chi connectivity index (χ0) is 21.4. The molecule has 0 radical (unpaired) electrons. The van der Waals surface area contributed by atoms with Crippen LogP contribution in [0.4, 0.5) is 4.79 Å². The van der Waals surface area contributed by atoms with Gasteiger partial charge in [-0.1, -0.05) is 48.5 Å². The third kappa shape index (κ3) is 3.50. The highest BCUT2D eigenvalue weighted by Gasteiger charge is 2.28. The van der Waals surface area contributed by atoms with E-state index in [1.165, 1.54) is 23.3 Å². The van der Waals surface area contributed by atoms with Gasteiger partial charge in [0.15, 0.2) is 0 Å². The van der Waals surface area contributed by atoms with Gasteiger partial charge >= 0.3 is 12.1 Å². The number of aromatic carboxylic acids is 1. The highest BCUT2D eigenvalue weighted by atomic mass is 16.5. The molecular formula is C24H19N3O4. The summed E-state index contributed by atoms with van der Waals surface area (Å²) in [5, 5.41) is 11.8. The number of rotatable bonds is 5. The molecule has 0 bridgehead atoms. The maximum atomic E-state index is 12.3. The Bertz CT molecular complexity index is 1270. The fraction of sp³-hybridized carbons (Fsp3) is 0.125. The van der Waals surface area contributed by atoms with Crippen LogP contribution in [0.3, 0.4) is 0 Å². The molecule has 0 spiro atoms. The second kappa shape index (κ2) is 7.60. The van der Waals surface area contributed by atoms with Crippen molar-refractivity contribution in [3.63, 3.8) is 0 Å². The van der Waals surface area contributed by atoms with E-state index in [1.807, 2.05) is 24.3 Å². The smallest absolute Gasteiger partial charge is 0.407 e. The molecule has 1 aliphatic carbocycles. The Morgan fingerprint density at radius 3 is 2.39 bits per heavy atom. The van der Waals surface area contributed by atoms with Crippen LogP contribution in [0.1, 0.15) is 33.1 Å². The van der Waals surface area contributed by atoms with Crippen LogP contribution in [0.5, 0.6) is 0 Å². The van der Waals surface area contributed by atoms with Crippen LogP contribution < -0.4 is 5.32 Å². The van der Waals surface area contributed by atoms with Crippen molar-refractivity contribution in [2.75, 3.05) is 6.61 Å². The van der Waals surface area contributed by atoms with Crippen LogP contribution in [0, 0.1) is 0 Å². The molecule has 0 atom stereocenters. The summed E-state index contributed by atoms with van der Waals surface area (Å²) >= 11 is 0. The molecule has 7 nitrogen and oxygen atoms in total. The second-order valence-electron chi connectivity index (χ2n) is 7.40. The molecular weight excluding hydrogens is 394 g/mol. The van der Waals surface area contributed by atoms with Gasteiger partial charge in [-0.2, -0.15) is 0 Å². The molecule has 2 N–H and O–H groups in total. The van der Waals surface area contributed by atoms with Crippen molar-refractivity contribution in [3.8, 4) is 11.1 Å². The average molecular weight is 413 g/mol. The number of carboxylic acids is 1. The fourth-order valence-electron chi connectivity index (χ4n) is 4.06. The van der Waals surface area contributed by atoms with Crippen molar-refractivity contribution in [3.05, 3.63) is 95.4 Å². The minimum absolute atomic E-state index is 0.00258. The molecule has 0 unspecified atom stereocenters. The zero-order valence-electron chi connectivity index (χ0n) is 16.5. The van der Waals surface area contributed by atoms with E-state index in [0.29, 0.717) is 11.3 Å². The summed E-state index contributed by atoms with van der Waals surface area (Å²) < 4.78 is 7.23. The lowest BCUT2D eigenvalue weighted by Gasteiger charge is -2.14. The van der Waals surface area contributed by atoms with Gasteiger partial charge in [0, 0.05) is 18.3 Å². The number of benzene rings is 2. The van der Waals surface area contributed by atoms with E-state index in [0.717, 1.165) is 11.1 Å². The number of carbonyl (C=O) groups is 2. The van der Waals surface area contributed by atoms with Crippen molar-refractivity contribution >= 4 is 17.7 Å². The van der Waals surface area contributed by atoms with Gasteiger partial charge in [-0.25, -0.2) is 14.6 Å². The highest BCUT2D eigenvalue weighted by molar-refractivity contribution is 5.88. The van der Waals surface area contributed by atoms with Crippen LogP contribution in [0.25, 0.3) is 16.8 Å². The molecule has 2 aromatic heterocycles. The number of carboxylic acid groups (broad SMARTS) is 1. The molecule has 0 saturated carbocycles. The van der Waals surface area contributed by atoms with Crippen LogP contribution in [-0.4, -0.2) is 33.2 Å². The molecule has 154 valence electrons. The molecule has 0 saturated heterocycles. The summed E-state index contributed by atoms with van der Waals surface area (Å²) in [7, 11) is 0. The first kappa shape index (κ1) is 18.9. The Balaban J connectivity index is 1.24. The van der Waals surface area contributed by atoms with Gasteiger partial charge in [0.25, 0.3) is 0 Å².